The highest BCUT2D eigenvalue weighted by Gasteiger charge is 2.31. The Labute approximate surface area is 120 Å². The predicted octanol–water partition coefficient (Wildman–Crippen LogP) is 1.90. The Morgan fingerprint density at radius 1 is 1.38 bits per heavy atom. The third-order valence-corrected chi connectivity index (χ3v) is 4.36. The van der Waals surface area contributed by atoms with E-state index in [1.807, 2.05) is 0 Å². The van der Waals surface area contributed by atoms with Crippen LogP contribution in [0.15, 0.2) is 29.2 Å². The Morgan fingerprint density at radius 3 is 2.76 bits per heavy atom. The lowest BCUT2D eigenvalue weighted by Crippen LogP contribution is -2.29. The van der Waals surface area contributed by atoms with E-state index in [4.69, 9.17) is 4.74 Å². The first-order valence-corrected chi connectivity index (χ1v) is 7.68. The van der Waals surface area contributed by atoms with Gasteiger partial charge in [-0.2, -0.15) is 0 Å². The van der Waals surface area contributed by atoms with Crippen molar-refractivity contribution in [1.82, 2.24) is 4.72 Å². The van der Waals surface area contributed by atoms with Crippen LogP contribution in [0.25, 0.3) is 0 Å². The van der Waals surface area contributed by atoms with Crippen LogP contribution in [0.2, 0.25) is 0 Å². The molecule has 9 heteroatoms. The van der Waals surface area contributed by atoms with Crippen LogP contribution in [0.3, 0.4) is 0 Å². The van der Waals surface area contributed by atoms with Gasteiger partial charge in [-0.3, -0.25) is 0 Å². The fourth-order valence-electron chi connectivity index (χ4n) is 1.89. The second kappa shape index (κ2) is 6.20. The van der Waals surface area contributed by atoms with Gasteiger partial charge >= 0.3 is 6.36 Å². The van der Waals surface area contributed by atoms with E-state index in [9.17, 15) is 21.6 Å². The lowest BCUT2D eigenvalue weighted by molar-refractivity contribution is -0.274. The number of hydrogen-bond acceptors (Lipinski definition) is 4. The molecule has 1 saturated heterocycles. The lowest BCUT2D eigenvalue weighted by Gasteiger charge is -2.12. The zero-order chi connectivity index (χ0) is 15.5. The Balaban J connectivity index is 2.06. The van der Waals surface area contributed by atoms with Gasteiger partial charge < -0.3 is 9.47 Å². The molecule has 2 rings (SSSR count). The molecule has 0 saturated carbocycles. The van der Waals surface area contributed by atoms with Crippen LogP contribution in [0.4, 0.5) is 13.2 Å². The normalized spacial score (nSPS) is 19.7. The molecule has 1 heterocycles. The van der Waals surface area contributed by atoms with Crippen molar-refractivity contribution >= 4 is 10.0 Å². The monoisotopic (exact) mass is 325 g/mol. The maximum absolute atomic E-state index is 12.1. The van der Waals surface area contributed by atoms with Gasteiger partial charge in [-0.15, -0.1) is 13.2 Å². The van der Waals surface area contributed by atoms with Gasteiger partial charge in [0.05, 0.1) is 11.5 Å². The summed E-state index contributed by atoms with van der Waals surface area (Å²) in [5.74, 6) is -0.496. The van der Waals surface area contributed by atoms with Crippen molar-refractivity contribution in [1.29, 1.82) is 0 Å². The minimum atomic E-state index is -4.86. The summed E-state index contributed by atoms with van der Waals surface area (Å²) < 4.78 is 71.6. The minimum Gasteiger partial charge on any atom is -0.406 e. The number of hydrogen-bond donors (Lipinski definition) is 1. The summed E-state index contributed by atoms with van der Waals surface area (Å²) in [6, 6.07) is 4.27. The summed E-state index contributed by atoms with van der Waals surface area (Å²) >= 11 is 0. The molecule has 1 fully saturated rings. The van der Waals surface area contributed by atoms with Crippen molar-refractivity contribution in [3.05, 3.63) is 24.3 Å². The second-order valence-electron chi connectivity index (χ2n) is 4.60. The Kier molecular flexibility index (Phi) is 4.74. The number of sulfonamides is 1. The van der Waals surface area contributed by atoms with E-state index in [2.05, 4.69) is 9.46 Å². The van der Waals surface area contributed by atoms with Gasteiger partial charge in [0.15, 0.2) is 0 Å². The number of ether oxygens (including phenoxy) is 2. The number of alkyl halides is 3. The summed E-state index contributed by atoms with van der Waals surface area (Å²) in [6.45, 7) is 1.24. The Bertz CT molecular complexity index is 582. The molecule has 0 radical (unpaired) electrons. The van der Waals surface area contributed by atoms with Crippen LogP contribution >= 0.6 is 0 Å². The van der Waals surface area contributed by atoms with E-state index >= 15 is 0 Å². The van der Waals surface area contributed by atoms with Gasteiger partial charge in [0.25, 0.3) is 0 Å². The van der Waals surface area contributed by atoms with Crippen LogP contribution in [0.1, 0.15) is 6.42 Å². The van der Waals surface area contributed by atoms with Crippen LogP contribution in [0, 0.1) is 5.92 Å². The topological polar surface area (TPSA) is 64.6 Å². The van der Waals surface area contributed by atoms with Crippen molar-refractivity contribution in [2.75, 3.05) is 19.8 Å². The molecule has 0 bridgehead atoms. The Hall–Kier alpha value is -1.32. The SMILES string of the molecule is O=S(=O)(NCC1CCOC1)c1cccc(OC(F)(F)F)c1. The summed E-state index contributed by atoms with van der Waals surface area (Å²) in [4.78, 5) is -0.275. The fraction of sp³-hybridized carbons (Fsp3) is 0.500. The van der Waals surface area contributed by atoms with Crippen LogP contribution in [-0.4, -0.2) is 34.5 Å². The van der Waals surface area contributed by atoms with Crippen molar-refractivity contribution < 1.29 is 31.1 Å². The van der Waals surface area contributed by atoms with E-state index in [0.717, 1.165) is 18.6 Å². The van der Waals surface area contributed by atoms with Crippen LogP contribution in [-0.2, 0) is 14.8 Å². The number of benzene rings is 1. The average molecular weight is 325 g/mol. The molecule has 21 heavy (non-hydrogen) atoms. The zero-order valence-electron chi connectivity index (χ0n) is 10.9. The molecule has 118 valence electrons. The highest BCUT2D eigenvalue weighted by molar-refractivity contribution is 7.89. The van der Waals surface area contributed by atoms with Gasteiger partial charge in [-0.1, -0.05) is 6.07 Å². The first-order chi connectivity index (χ1) is 9.76. The lowest BCUT2D eigenvalue weighted by atomic mass is 10.1. The van der Waals surface area contributed by atoms with Crippen LogP contribution in [0.5, 0.6) is 5.75 Å². The van der Waals surface area contributed by atoms with Crippen molar-refractivity contribution in [3.8, 4) is 5.75 Å². The first kappa shape index (κ1) is 16.1. The van der Waals surface area contributed by atoms with Gasteiger partial charge in [-0.25, -0.2) is 13.1 Å². The fourth-order valence-corrected chi connectivity index (χ4v) is 3.04. The summed E-state index contributed by atoms with van der Waals surface area (Å²) in [5.41, 5.74) is 0. The Morgan fingerprint density at radius 2 is 2.14 bits per heavy atom. The van der Waals surface area contributed by atoms with Gasteiger partial charge in [0.1, 0.15) is 5.75 Å². The van der Waals surface area contributed by atoms with E-state index < -0.39 is 22.1 Å². The van der Waals surface area contributed by atoms with Gasteiger partial charge in [-0.05, 0) is 24.5 Å². The maximum atomic E-state index is 12.1. The van der Waals surface area contributed by atoms with Crippen molar-refractivity contribution in [2.45, 2.75) is 17.7 Å². The highest BCUT2D eigenvalue weighted by Crippen LogP contribution is 2.25. The molecule has 1 aliphatic heterocycles. The standard InChI is InChI=1S/C12H14F3NO4S/c13-12(14,15)20-10-2-1-3-11(6-10)21(17,18)16-7-9-4-5-19-8-9/h1-3,6,9,16H,4-5,7-8H2. The molecule has 0 spiro atoms. The molecule has 0 aliphatic carbocycles. The molecule has 0 amide bonds. The molecule has 0 aromatic heterocycles. The summed E-state index contributed by atoms with van der Waals surface area (Å²) in [7, 11) is -3.88. The van der Waals surface area contributed by atoms with Gasteiger partial charge in [0, 0.05) is 19.2 Å². The second-order valence-corrected chi connectivity index (χ2v) is 6.37. The predicted molar refractivity (Wildman–Crippen MR) is 67.2 cm³/mol. The van der Waals surface area contributed by atoms with Crippen molar-refractivity contribution in [3.63, 3.8) is 0 Å². The van der Waals surface area contributed by atoms with E-state index in [1.165, 1.54) is 12.1 Å². The molecular weight excluding hydrogens is 311 g/mol. The number of rotatable bonds is 5. The first-order valence-electron chi connectivity index (χ1n) is 6.19. The molecule has 1 aliphatic rings. The van der Waals surface area contributed by atoms with E-state index in [1.54, 1.807) is 0 Å². The number of halogens is 3. The zero-order valence-corrected chi connectivity index (χ0v) is 11.7. The molecule has 1 N–H and O–H groups in total. The van der Waals surface area contributed by atoms with Gasteiger partial charge in [0.2, 0.25) is 10.0 Å². The molecular formula is C12H14F3NO4S. The highest BCUT2D eigenvalue weighted by atomic mass is 32.2. The minimum absolute atomic E-state index is 0.0781. The third kappa shape index (κ3) is 4.87. The molecule has 1 aromatic rings. The quantitative estimate of drug-likeness (QED) is 0.898. The van der Waals surface area contributed by atoms with Crippen molar-refractivity contribution in [2.24, 2.45) is 5.92 Å². The number of nitrogens with one attached hydrogen (secondary N) is 1. The molecule has 1 unspecified atom stereocenters. The summed E-state index contributed by atoms with van der Waals surface area (Å²) in [6.07, 6.45) is -4.11. The molecule has 5 nitrogen and oxygen atoms in total. The smallest absolute Gasteiger partial charge is 0.406 e. The average Bonchev–Trinajstić information content (AvgIpc) is 2.88. The molecule has 1 aromatic carbocycles. The molecule has 1 atom stereocenters. The maximum Gasteiger partial charge on any atom is 0.573 e. The van der Waals surface area contributed by atoms with E-state index in [0.29, 0.717) is 13.2 Å². The largest absolute Gasteiger partial charge is 0.573 e. The van der Waals surface area contributed by atoms with Crippen LogP contribution < -0.4 is 9.46 Å². The third-order valence-electron chi connectivity index (χ3n) is 2.94. The summed E-state index contributed by atoms with van der Waals surface area (Å²) in [5, 5.41) is 0. The van der Waals surface area contributed by atoms with E-state index in [-0.39, 0.29) is 17.4 Å².